The second-order valence-corrected chi connectivity index (χ2v) is 6.65. The molecule has 0 aromatic heterocycles. The summed E-state index contributed by atoms with van der Waals surface area (Å²) in [6, 6.07) is 17.5. The van der Waals surface area contributed by atoms with Crippen molar-refractivity contribution in [1.29, 1.82) is 0 Å². The Kier molecular flexibility index (Phi) is 5.20. The molecule has 5 heteroatoms. The van der Waals surface area contributed by atoms with E-state index in [0.717, 1.165) is 22.6 Å². The van der Waals surface area contributed by atoms with Crippen molar-refractivity contribution in [3.63, 3.8) is 0 Å². The molecule has 0 N–H and O–H groups in total. The maximum Gasteiger partial charge on any atom is 0.317 e. The van der Waals surface area contributed by atoms with Gasteiger partial charge < -0.3 is 9.64 Å². The zero-order valence-corrected chi connectivity index (χ0v) is 14.3. The minimum atomic E-state index is -0.778. The van der Waals surface area contributed by atoms with Crippen LogP contribution in [0.15, 0.2) is 59.5 Å². The molecule has 4 nitrogen and oxygen atoms in total. The van der Waals surface area contributed by atoms with E-state index in [2.05, 4.69) is 0 Å². The van der Waals surface area contributed by atoms with Crippen LogP contribution in [-0.4, -0.2) is 30.3 Å². The lowest BCUT2D eigenvalue weighted by Crippen LogP contribution is -2.39. The Morgan fingerprint density at radius 1 is 1.12 bits per heavy atom. The van der Waals surface area contributed by atoms with Crippen molar-refractivity contribution >= 4 is 29.3 Å². The van der Waals surface area contributed by atoms with Crippen molar-refractivity contribution in [3.05, 3.63) is 60.2 Å². The Balaban J connectivity index is 1.54. The van der Waals surface area contributed by atoms with Crippen LogP contribution in [-0.2, 0) is 20.7 Å². The number of benzene rings is 2. The summed E-state index contributed by atoms with van der Waals surface area (Å²) in [5, 5.41) is 0. The van der Waals surface area contributed by atoms with Crippen LogP contribution < -0.4 is 4.90 Å². The molecule has 0 fully saturated rings. The van der Waals surface area contributed by atoms with E-state index < -0.39 is 6.10 Å². The van der Waals surface area contributed by atoms with Gasteiger partial charge in [-0.05, 0) is 37.1 Å². The van der Waals surface area contributed by atoms with Gasteiger partial charge in [-0.1, -0.05) is 36.4 Å². The second kappa shape index (κ2) is 7.53. The van der Waals surface area contributed by atoms with Gasteiger partial charge in [0.15, 0.2) is 6.10 Å². The minimum absolute atomic E-state index is 0.169. The Morgan fingerprint density at radius 3 is 2.62 bits per heavy atom. The fraction of sp³-hybridized carbons (Fsp3) is 0.263. The Bertz CT molecular complexity index is 732. The first kappa shape index (κ1) is 16.6. The predicted octanol–water partition coefficient (Wildman–Crippen LogP) is 3.30. The zero-order chi connectivity index (χ0) is 16.9. The molecule has 0 radical (unpaired) electrons. The molecule has 1 atom stereocenters. The van der Waals surface area contributed by atoms with Crippen molar-refractivity contribution in [3.8, 4) is 0 Å². The number of thioether (sulfide) groups is 1. The van der Waals surface area contributed by atoms with Gasteiger partial charge in [-0.15, -0.1) is 11.8 Å². The molecule has 0 unspecified atom stereocenters. The third-order valence-electron chi connectivity index (χ3n) is 3.91. The lowest BCUT2D eigenvalue weighted by molar-refractivity contribution is -0.151. The van der Waals surface area contributed by atoms with Crippen molar-refractivity contribution in [1.82, 2.24) is 0 Å². The summed E-state index contributed by atoms with van der Waals surface area (Å²) >= 11 is 1.40. The van der Waals surface area contributed by atoms with E-state index in [1.54, 1.807) is 11.8 Å². The highest BCUT2D eigenvalue weighted by Crippen LogP contribution is 2.28. The van der Waals surface area contributed by atoms with Crippen LogP contribution in [0, 0.1) is 0 Å². The number of hydrogen-bond donors (Lipinski definition) is 0. The number of amides is 1. The molecule has 0 spiro atoms. The first-order chi connectivity index (χ1) is 11.6. The summed E-state index contributed by atoms with van der Waals surface area (Å²) in [4.78, 5) is 27.2. The number of hydrogen-bond acceptors (Lipinski definition) is 4. The summed E-state index contributed by atoms with van der Waals surface area (Å²) in [6.07, 6.45) is 0.0620. The number of anilines is 1. The number of esters is 1. The minimum Gasteiger partial charge on any atom is -0.452 e. The molecule has 1 aliphatic rings. The second-order valence-electron chi connectivity index (χ2n) is 5.60. The molecule has 0 saturated heterocycles. The number of nitrogens with zero attached hydrogens (tertiary/aromatic N) is 1. The molecule has 2 aromatic rings. The first-order valence-electron chi connectivity index (χ1n) is 7.92. The van der Waals surface area contributed by atoms with Crippen LogP contribution in [0.25, 0.3) is 0 Å². The van der Waals surface area contributed by atoms with Crippen LogP contribution in [0.2, 0.25) is 0 Å². The number of carbonyl (C=O) groups excluding carboxylic acids is 2. The monoisotopic (exact) mass is 341 g/mol. The number of rotatable bonds is 5. The summed E-state index contributed by atoms with van der Waals surface area (Å²) < 4.78 is 5.31. The standard InChI is InChI=1S/C19H19NO3S/c1-14(23-18(21)13-24-16-8-3-2-4-9-16)19(22)20-12-11-15-7-5-6-10-17(15)20/h2-10,14H,11-13H2,1H3/t14-/m0/s1. The van der Waals surface area contributed by atoms with Gasteiger partial charge in [0.1, 0.15) is 0 Å². The maximum atomic E-state index is 12.6. The van der Waals surface area contributed by atoms with Gasteiger partial charge in [-0.25, -0.2) is 0 Å². The molecular formula is C19H19NO3S. The van der Waals surface area contributed by atoms with Crippen molar-refractivity contribution in [2.24, 2.45) is 0 Å². The smallest absolute Gasteiger partial charge is 0.317 e. The predicted molar refractivity (Wildman–Crippen MR) is 95.2 cm³/mol. The highest BCUT2D eigenvalue weighted by atomic mass is 32.2. The van der Waals surface area contributed by atoms with Crippen molar-refractivity contribution < 1.29 is 14.3 Å². The number of carbonyl (C=O) groups is 2. The molecule has 1 amide bonds. The number of fused-ring (bicyclic) bond motifs is 1. The van der Waals surface area contributed by atoms with Gasteiger partial charge in [0.25, 0.3) is 5.91 Å². The Morgan fingerprint density at radius 2 is 1.83 bits per heavy atom. The van der Waals surface area contributed by atoms with Gasteiger partial charge in [0.2, 0.25) is 0 Å². The summed E-state index contributed by atoms with van der Waals surface area (Å²) in [6.45, 7) is 2.27. The summed E-state index contributed by atoms with van der Waals surface area (Å²) in [5.74, 6) is -0.353. The number of ether oxygens (including phenoxy) is 1. The van der Waals surface area contributed by atoms with E-state index in [-0.39, 0.29) is 17.6 Å². The van der Waals surface area contributed by atoms with E-state index >= 15 is 0 Å². The topological polar surface area (TPSA) is 46.6 Å². The SMILES string of the molecule is C[C@H](OC(=O)CSc1ccccc1)C(=O)N1CCc2ccccc21. The van der Waals surface area contributed by atoms with Crippen LogP contribution >= 0.6 is 11.8 Å². The van der Waals surface area contributed by atoms with E-state index in [9.17, 15) is 9.59 Å². The molecule has 3 rings (SSSR count). The lowest BCUT2D eigenvalue weighted by atomic mass is 10.2. The molecule has 0 saturated carbocycles. The third kappa shape index (κ3) is 3.79. The van der Waals surface area contributed by atoms with Crippen molar-refractivity contribution in [2.75, 3.05) is 17.2 Å². The molecule has 124 valence electrons. The lowest BCUT2D eigenvalue weighted by Gasteiger charge is -2.21. The van der Waals surface area contributed by atoms with E-state index in [0.29, 0.717) is 6.54 Å². The molecule has 1 heterocycles. The number of para-hydroxylation sites is 1. The van der Waals surface area contributed by atoms with E-state index in [1.165, 1.54) is 11.8 Å². The van der Waals surface area contributed by atoms with Gasteiger partial charge in [0.05, 0.1) is 5.75 Å². The van der Waals surface area contributed by atoms with Crippen LogP contribution in [0.5, 0.6) is 0 Å². The van der Waals surface area contributed by atoms with Crippen LogP contribution in [0.4, 0.5) is 5.69 Å². The Labute approximate surface area is 145 Å². The average Bonchev–Trinajstić information content (AvgIpc) is 3.04. The van der Waals surface area contributed by atoms with Gasteiger partial charge >= 0.3 is 5.97 Å². The molecule has 1 aliphatic heterocycles. The quantitative estimate of drug-likeness (QED) is 0.618. The molecule has 0 bridgehead atoms. The zero-order valence-electron chi connectivity index (χ0n) is 13.5. The molecule has 0 aliphatic carbocycles. The van der Waals surface area contributed by atoms with E-state index in [4.69, 9.17) is 4.74 Å². The largest absolute Gasteiger partial charge is 0.452 e. The van der Waals surface area contributed by atoms with Crippen LogP contribution in [0.3, 0.4) is 0 Å². The summed E-state index contributed by atoms with van der Waals surface area (Å²) in [5.41, 5.74) is 2.08. The highest BCUT2D eigenvalue weighted by Gasteiger charge is 2.29. The third-order valence-corrected chi connectivity index (χ3v) is 4.89. The van der Waals surface area contributed by atoms with Gasteiger partial charge in [-0.3, -0.25) is 9.59 Å². The first-order valence-corrected chi connectivity index (χ1v) is 8.90. The normalized spacial score (nSPS) is 14.1. The van der Waals surface area contributed by atoms with Crippen LogP contribution in [0.1, 0.15) is 12.5 Å². The average molecular weight is 341 g/mol. The van der Waals surface area contributed by atoms with Gasteiger partial charge in [0, 0.05) is 17.1 Å². The fourth-order valence-corrected chi connectivity index (χ4v) is 3.43. The Hall–Kier alpha value is -2.27. The fourth-order valence-electron chi connectivity index (χ4n) is 2.73. The molecule has 2 aromatic carbocycles. The molecular weight excluding hydrogens is 322 g/mol. The van der Waals surface area contributed by atoms with E-state index in [1.807, 2.05) is 54.6 Å². The molecule has 24 heavy (non-hydrogen) atoms. The highest BCUT2D eigenvalue weighted by molar-refractivity contribution is 8.00. The maximum absolute atomic E-state index is 12.6. The van der Waals surface area contributed by atoms with Crippen molar-refractivity contribution in [2.45, 2.75) is 24.3 Å². The summed E-state index contributed by atoms with van der Waals surface area (Å²) in [7, 11) is 0. The van der Waals surface area contributed by atoms with Gasteiger partial charge in [-0.2, -0.15) is 0 Å².